The highest BCUT2D eigenvalue weighted by atomic mass is 32.2. The van der Waals surface area contributed by atoms with Gasteiger partial charge in [-0.25, -0.2) is 8.42 Å². The van der Waals surface area contributed by atoms with Crippen LogP contribution in [0.2, 0.25) is 0 Å². The molecule has 0 unspecified atom stereocenters. The second kappa shape index (κ2) is 6.89. The van der Waals surface area contributed by atoms with Gasteiger partial charge in [-0.1, -0.05) is 6.92 Å². The first-order valence-corrected chi connectivity index (χ1v) is 9.50. The van der Waals surface area contributed by atoms with Crippen LogP contribution in [0.25, 0.3) is 0 Å². The first-order valence-electron chi connectivity index (χ1n) is 7.24. The Morgan fingerprint density at radius 2 is 2.19 bits per heavy atom. The molecule has 0 saturated carbocycles. The predicted molar refractivity (Wildman–Crippen MR) is 81.8 cm³/mol. The molecule has 1 saturated heterocycles. The van der Waals surface area contributed by atoms with E-state index in [1.54, 1.807) is 13.0 Å². The Labute approximate surface area is 130 Å². The van der Waals surface area contributed by atoms with Gasteiger partial charge in [-0.15, -0.1) is 11.3 Å². The molecule has 1 aliphatic heterocycles. The van der Waals surface area contributed by atoms with Gasteiger partial charge < -0.3 is 4.74 Å². The third-order valence-corrected chi connectivity index (χ3v) is 7.15. The van der Waals surface area contributed by atoms with Crippen LogP contribution in [0.1, 0.15) is 31.6 Å². The van der Waals surface area contributed by atoms with Crippen molar-refractivity contribution in [1.82, 2.24) is 4.31 Å². The average molecular weight is 331 g/mol. The van der Waals surface area contributed by atoms with Crippen molar-refractivity contribution in [1.29, 1.82) is 0 Å². The van der Waals surface area contributed by atoms with E-state index in [0.29, 0.717) is 30.2 Å². The molecule has 7 heteroatoms. The second-order valence-electron chi connectivity index (χ2n) is 5.03. The lowest BCUT2D eigenvalue weighted by Gasteiger charge is -2.30. The van der Waals surface area contributed by atoms with Crippen LogP contribution < -0.4 is 0 Å². The van der Waals surface area contributed by atoms with Crippen LogP contribution in [-0.2, 0) is 26.0 Å². The summed E-state index contributed by atoms with van der Waals surface area (Å²) in [6.45, 7) is 4.78. The number of hydrogen-bond donors (Lipinski definition) is 0. The van der Waals surface area contributed by atoms with E-state index in [4.69, 9.17) is 4.74 Å². The predicted octanol–water partition coefficient (Wildman–Crippen LogP) is 2.27. The van der Waals surface area contributed by atoms with E-state index < -0.39 is 10.0 Å². The van der Waals surface area contributed by atoms with Gasteiger partial charge in [-0.05, 0) is 38.3 Å². The van der Waals surface area contributed by atoms with Crippen LogP contribution in [0.15, 0.2) is 16.3 Å². The number of carbonyl (C=O) groups excluding carboxylic acids is 1. The summed E-state index contributed by atoms with van der Waals surface area (Å²) in [7, 11) is -3.49. The Hall–Kier alpha value is -0.920. The lowest BCUT2D eigenvalue weighted by molar-refractivity contribution is -0.149. The molecule has 0 bridgehead atoms. The zero-order valence-electron chi connectivity index (χ0n) is 12.4. The third-order valence-electron chi connectivity index (χ3n) is 3.58. The molecule has 1 aromatic rings. The van der Waals surface area contributed by atoms with Crippen LogP contribution in [0.4, 0.5) is 0 Å². The minimum absolute atomic E-state index is 0.223. The van der Waals surface area contributed by atoms with Gasteiger partial charge in [0.05, 0.1) is 12.5 Å². The number of piperidine rings is 1. The molecule has 1 aliphatic rings. The molecule has 0 aromatic carbocycles. The van der Waals surface area contributed by atoms with E-state index >= 15 is 0 Å². The number of thiophene rings is 1. The van der Waals surface area contributed by atoms with Crippen LogP contribution in [0.3, 0.4) is 0 Å². The maximum Gasteiger partial charge on any atom is 0.310 e. The minimum Gasteiger partial charge on any atom is -0.466 e. The number of nitrogens with zero attached hydrogens (tertiary/aromatic N) is 1. The number of hydrogen-bond acceptors (Lipinski definition) is 5. The van der Waals surface area contributed by atoms with E-state index in [1.807, 2.05) is 13.0 Å². The van der Waals surface area contributed by atoms with Crippen molar-refractivity contribution in [3.05, 3.63) is 17.0 Å². The summed E-state index contributed by atoms with van der Waals surface area (Å²) in [4.78, 5) is 12.9. The maximum atomic E-state index is 12.6. The standard InChI is InChI=1S/C14H21NO4S2/c1-3-12-7-8-13(20-12)21(17,18)15-9-5-6-11(10-15)14(16)19-4-2/h7-8,11H,3-6,9-10H2,1-2H3/t11-/m1/s1. The molecule has 1 fully saturated rings. The molecule has 0 aliphatic carbocycles. The van der Waals surface area contributed by atoms with Crippen molar-refractivity contribution >= 4 is 27.3 Å². The molecule has 1 aromatic heterocycles. The summed E-state index contributed by atoms with van der Waals surface area (Å²) < 4.78 is 32.0. The number of aryl methyl sites for hydroxylation is 1. The summed E-state index contributed by atoms with van der Waals surface area (Å²) in [6.07, 6.45) is 2.20. The van der Waals surface area contributed by atoms with Crippen molar-refractivity contribution < 1.29 is 17.9 Å². The number of sulfonamides is 1. The van der Waals surface area contributed by atoms with E-state index in [9.17, 15) is 13.2 Å². The van der Waals surface area contributed by atoms with Crippen LogP contribution >= 0.6 is 11.3 Å². The van der Waals surface area contributed by atoms with Gasteiger partial charge in [0.25, 0.3) is 10.0 Å². The fraction of sp³-hybridized carbons (Fsp3) is 0.643. The molecule has 2 rings (SSSR count). The maximum absolute atomic E-state index is 12.6. The lowest BCUT2D eigenvalue weighted by Crippen LogP contribution is -2.42. The largest absolute Gasteiger partial charge is 0.466 e. The quantitative estimate of drug-likeness (QED) is 0.777. The van der Waals surface area contributed by atoms with Crippen molar-refractivity contribution in [2.45, 2.75) is 37.3 Å². The minimum atomic E-state index is -3.49. The highest BCUT2D eigenvalue weighted by Gasteiger charge is 2.34. The highest BCUT2D eigenvalue weighted by molar-refractivity contribution is 7.91. The van der Waals surface area contributed by atoms with Gasteiger partial charge in [0.15, 0.2) is 0 Å². The fourth-order valence-electron chi connectivity index (χ4n) is 2.43. The number of ether oxygens (including phenoxy) is 1. The lowest BCUT2D eigenvalue weighted by atomic mass is 10.0. The first kappa shape index (κ1) is 16.5. The topological polar surface area (TPSA) is 63.7 Å². The first-order chi connectivity index (χ1) is 9.98. The van der Waals surface area contributed by atoms with Gasteiger partial charge in [0, 0.05) is 18.0 Å². The molecule has 118 valence electrons. The van der Waals surface area contributed by atoms with Crippen LogP contribution in [0, 0.1) is 5.92 Å². The summed E-state index contributed by atoms with van der Waals surface area (Å²) in [5.74, 6) is -0.642. The van der Waals surface area contributed by atoms with Crippen molar-refractivity contribution in [3.63, 3.8) is 0 Å². The summed E-state index contributed by atoms with van der Waals surface area (Å²) in [6, 6.07) is 3.51. The highest BCUT2D eigenvalue weighted by Crippen LogP contribution is 2.29. The smallest absolute Gasteiger partial charge is 0.310 e. The second-order valence-corrected chi connectivity index (χ2v) is 8.36. The molecule has 0 spiro atoms. The molecule has 0 amide bonds. The monoisotopic (exact) mass is 331 g/mol. The van der Waals surface area contributed by atoms with E-state index in [2.05, 4.69) is 0 Å². The molecule has 1 atom stereocenters. The number of rotatable bonds is 5. The molecule has 21 heavy (non-hydrogen) atoms. The van der Waals surface area contributed by atoms with Gasteiger partial charge in [0.2, 0.25) is 0 Å². The fourth-order valence-corrected chi connectivity index (χ4v) is 5.40. The average Bonchev–Trinajstić information content (AvgIpc) is 2.97. The number of esters is 1. The Morgan fingerprint density at radius 3 is 2.81 bits per heavy atom. The van der Waals surface area contributed by atoms with Crippen molar-refractivity contribution in [2.24, 2.45) is 5.92 Å². The van der Waals surface area contributed by atoms with Crippen LogP contribution in [0.5, 0.6) is 0 Å². The molecule has 0 radical (unpaired) electrons. The summed E-state index contributed by atoms with van der Waals surface area (Å²) in [5, 5.41) is 0. The van der Waals surface area contributed by atoms with Crippen molar-refractivity contribution in [3.8, 4) is 0 Å². The van der Waals surface area contributed by atoms with Crippen molar-refractivity contribution in [2.75, 3.05) is 19.7 Å². The van der Waals surface area contributed by atoms with E-state index in [0.717, 1.165) is 11.3 Å². The molecular weight excluding hydrogens is 310 g/mol. The Bertz CT molecular complexity index is 594. The van der Waals surface area contributed by atoms with Crippen LogP contribution in [-0.4, -0.2) is 38.4 Å². The zero-order valence-corrected chi connectivity index (χ0v) is 14.0. The third kappa shape index (κ3) is 3.64. The van der Waals surface area contributed by atoms with Gasteiger partial charge in [-0.3, -0.25) is 4.79 Å². The molecule has 2 heterocycles. The van der Waals surface area contributed by atoms with E-state index in [1.165, 1.54) is 15.6 Å². The SMILES string of the molecule is CCOC(=O)[C@@H]1CCCN(S(=O)(=O)c2ccc(CC)s2)C1. The Morgan fingerprint density at radius 1 is 1.43 bits per heavy atom. The summed E-state index contributed by atoms with van der Waals surface area (Å²) >= 11 is 1.31. The van der Waals surface area contributed by atoms with Gasteiger partial charge >= 0.3 is 5.97 Å². The Kier molecular flexibility index (Phi) is 5.40. The summed E-state index contributed by atoms with van der Waals surface area (Å²) in [5.41, 5.74) is 0. The zero-order chi connectivity index (χ0) is 15.5. The normalized spacial score (nSPS) is 20.4. The van der Waals surface area contributed by atoms with E-state index in [-0.39, 0.29) is 18.4 Å². The Balaban J connectivity index is 2.14. The molecule has 5 nitrogen and oxygen atoms in total. The van der Waals surface area contributed by atoms with Gasteiger partial charge in [-0.2, -0.15) is 4.31 Å². The molecule has 0 N–H and O–H groups in total. The molecular formula is C14H21NO4S2. The number of carbonyl (C=O) groups is 1. The van der Waals surface area contributed by atoms with Gasteiger partial charge in [0.1, 0.15) is 4.21 Å².